The van der Waals surface area contributed by atoms with E-state index in [1.165, 1.54) is 21.2 Å². The number of carbonyl (C=O) groups is 1. The largest absolute Gasteiger partial charge is 0.298 e. The molecule has 1 aliphatic heterocycles. The Morgan fingerprint density at radius 1 is 1.17 bits per heavy atom. The fourth-order valence-electron chi connectivity index (χ4n) is 3.46. The maximum atomic E-state index is 12.7. The summed E-state index contributed by atoms with van der Waals surface area (Å²) in [6.45, 7) is 4.53. The molecule has 29 heavy (non-hydrogen) atoms. The van der Waals surface area contributed by atoms with Gasteiger partial charge in [0.1, 0.15) is 0 Å². The number of carbonyl (C=O) groups excluding carboxylic acids is 1. The third kappa shape index (κ3) is 4.04. The van der Waals surface area contributed by atoms with Gasteiger partial charge in [0.15, 0.2) is 5.13 Å². The van der Waals surface area contributed by atoms with Crippen LogP contribution in [0.3, 0.4) is 0 Å². The summed E-state index contributed by atoms with van der Waals surface area (Å²) in [6, 6.07) is 12.9. The Labute approximate surface area is 174 Å². The molecular formula is C21H21N3O3S2. The molecule has 0 atom stereocenters. The highest BCUT2D eigenvalue weighted by atomic mass is 32.2. The SMILES string of the molecule is Cc1ccc(-c2csc(NC(=O)c3cccc(N4CCCS4(=O)=O)c3)n2)c(C)c1. The number of nitrogens with one attached hydrogen (secondary N) is 1. The summed E-state index contributed by atoms with van der Waals surface area (Å²) in [5.74, 6) is -0.172. The first-order valence-electron chi connectivity index (χ1n) is 9.28. The molecule has 2 heterocycles. The number of aryl methyl sites for hydroxylation is 2. The van der Waals surface area contributed by atoms with Crippen LogP contribution in [-0.2, 0) is 10.0 Å². The number of amides is 1. The molecule has 1 amide bonds. The summed E-state index contributed by atoms with van der Waals surface area (Å²) >= 11 is 1.36. The highest BCUT2D eigenvalue weighted by Crippen LogP contribution is 2.29. The molecule has 0 aliphatic carbocycles. The summed E-state index contributed by atoms with van der Waals surface area (Å²) in [5.41, 5.74) is 5.09. The lowest BCUT2D eigenvalue weighted by Gasteiger charge is -2.17. The third-order valence-electron chi connectivity index (χ3n) is 4.88. The fourth-order valence-corrected chi connectivity index (χ4v) is 5.72. The number of hydrogen-bond donors (Lipinski definition) is 1. The van der Waals surface area contributed by atoms with Crippen LogP contribution < -0.4 is 9.62 Å². The molecular weight excluding hydrogens is 406 g/mol. The minimum atomic E-state index is -3.28. The van der Waals surface area contributed by atoms with Crippen LogP contribution in [-0.4, -0.2) is 31.6 Å². The molecule has 0 radical (unpaired) electrons. The van der Waals surface area contributed by atoms with E-state index >= 15 is 0 Å². The van der Waals surface area contributed by atoms with Gasteiger partial charge in [0.25, 0.3) is 5.91 Å². The van der Waals surface area contributed by atoms with Crippen molar-refractivity contribution in [3.8, 4) is 11.3 Å². The van der Waals surface area contributed by atoms with Crippen molar-refractivity contribution < 1.29 is 13.2 Å². The van der Waals surface area contributed by atoms with E-state index in [0.29, 0.717) is 29.3 Å². The van der Waals surface area contributed by atoms with Gasteiger partial charge in [-0.15, -0.1) is 11.3 Å². The van der Waals surface area contributed by atoms with Crippen molar-refractivity contribution in [3.05, 3.63) is 64.5 Å². The zero-order valence-electron chi connectivity index (χ0n) is 16.2. The van der Waals surface area contributed by atoms with Gasteiger partial charge in [-0.25, -0.2) is 13.4 Å². The molecule has 2 aromatic carbocycles. The number of nitrogens with zero attached hydrogens (tertiary/aromatic N) is 2. The van der Waals surface area contributed by atoms with Crippen LogP contribution in [0.5, 0.6) is 0 Å². The van der Waals surface area contributed by atoms with Gasteiger partial charge in [-0.05, 0) is 44.0 Å². The van der Waals surface area contributed by atoms with Gasteiger partial charge in [-0.3, -0.25) is 14.4 Å². The van der Waals surface area contributed by atoms with Gasteiger partial charge in [0.2, 0.25) is 10.0 Å². The smallest absolute Gasteiger partial charge is 0.257 e. The number of aromatic nitrogens is 1. The van der Waals surface area contributed by atoms with Crippen LogP contribution in [0.1, 0.15) is 27.9 Å². The Morgan fingerprint density at radius 2 is 2.00 bits per heavy atom. The second-order valence-electron chi connectivity index (χ2n) is 7.10. The van der Waals surface area contributed by atoms with Gasteiger partial charge >= 0.3 is 0 Å². The summed E-state index contributed by atoms with van der Waals surface area (Å²) in [4.78, 5) is 17.2. The van der Waals surface area contributed by atoms with E-state index < -0.39 is 10.0 Å². The Bertz CT molecular complexity index is 1190. The summed E-state index contributed by atoms with van der Waals surface area (Å²) in [6.07, 6.45) is 0.596. The van der Waals surface area contributed by atoms with E-state index in [1.54, 1.807) is 24.3 Å². The van der Waals surface area contributed by atoms with E-state index in [0.717, 1.165) is 16.8 Å². The maximum Gasteiger partial charge on any atom is 0.257 e. The van der Waals surface area contributed by atoms with Gasteiger partial charge in [0, 0.05) is 23.1 Å². The van der Waals surface area contributed by atoms with E-state index in [1.807, 2.05) is 31.4 Å². The molecule has 1 saturated heterocycles. The van der Waals surface area contributed by atoms with Crippen molar-refractivity contribution in [1.82, 2.24) is 4.98 Å². The molecule has 4 rings (SSSR count). The van der Waals surface area contributed by atoms with E-state index in [-0.39, 0.29) is 11.7 Å². The van der Waals surface area contributed by atoms with Crippen LogP contribution in [0.25, 0.3) is 11.3 Å². The zero-order chi connectivity index (χ0) is 20.6. The lowest BCUT2D eigenvalue weighted by Crippen LogP contribution is -2.25. The minimum absolute atomic E-state index is 0.143. The molecule has 1 fully saturated rings. The van der Waals surface area contributed by atoms with Crippen LogP contribution in [0, 0.1) is 13.8 Å². The lowest BCUT2D eigenvalue weighted by atomic mass is 10.0. The number of sulfonamides is 1. The topological polar surface area (TPSA) is 79.4 Å². The van der Waals surface area contributed by atoms with E-state index in [2.05, 4.69) is 16.4 Å². The quantitative estimate of drug-likeness (QED) is 0.676. The molecule has 0 spiro atoms. The normalized spacial score (nSPS) is 15.4. The number of benzene rings is 2. The second kappa shape index (κ2) is 7.61. The third-order valence-corrected chi connectivity index (χ3v) is 7.51. The zero-order valence-corrected chi connectivity index (χ0v) is 17.8. The average Bonchev–Trinajstić information content (AvgIpc) is 3.27. The number of anilines is 2. The van der Waals surface area contributed by atoms with Crippen molar-refractivity contribution in [2.24, 2.45) is 0 Å². The van der Waals surface area contributed by atoms with Gasteiger partial charge in [-0.1, -0.05) is 29.8 Å². The number of hydrogen-bond acceptors (Lipinski definition) is 5. The number of rotatable bonds is 4. The lowest BCUT2D eigenvalue weighted by molar-refractivity contribution is 0.102. The molecule has 8 heteroatoms. The Morgan fingerprint density at radius 3 is 2.72 bits per heavy atom. The van der Waals surface area contributed by atoms with Crippen LogP contribution in [0.15, 0.2) is 47.8 Å². The van der Waals surface area contributed by atoms with Crippen molar-refractivity contribution >= 4 is 38.1 Å². The molecule has 0 unspecified atom stereocenters. The first-order valence-corrected chi connectivity index (χ1v) is 11.8. The van der Waals surface area contributed by atoms with Crippen LogP contribution in [0.4, 0.5) is 10.8 Å². The predicted octanol–water partition coefficient (Wildman–Crippen LogP) is 4.22. The molecule has 1 N–H and O–H groups in total. The van der Waals surface area contributed by atoms with Crippen molar-refractivity contribution in [3.63, 3.8) is 0 Å². The van der Waals surface area contributed by atoms with Crippen LogP contribution in [0.2, 0.25) is 0 Å². The Kier molecular flexibility index (Phi) is 5.14. The van der Waals surface area contributed by atoms with Crippen LogP contribution >= 0.6 is 11.3 Å². The molecule has 1 aromatic heterocycles. The number of thiazole rings is 1. The van der Waals surface area contributed by atoms with Crippen molar-refractivity contribution in [1.29, 1.82) is 0 Å². The highest BCUT2D eigenvalue weighted by Gasteiger charge is 2.28. The molecule has 150 valence electrons. The first kappa shape index (κ1) is 19.6. The molecule has 3 aromatic rings. The summed E-state index contributed by atoms with van der Waals surface area (Å²) in [7, 11) is -3.28. The van der Waals surface area contributed by atoms with E-state index in [9.17, 15) is 13.2 Å². The standard InChI is InChI=1S/C21H21N3O3S2/c1-14-7-8-18(15(2)11-14)19-13-28-21(22-19)23-20(25)16-5-3-6-17(12-16)24-9-4-10-29(24,26)27/h3,5-8,11-13H,4,9-10H2,1-2H3,(H,22,23,25). The minimum Gasteiger partial charge on any atom is -0.298 e. The van der Waals surface area contributed by atoms with Crippen molar-refractivity contribution in [2.75, 3.05) is 21.9 Å². The predicted molar refractivity (Wildman–Crippen MR) is 117 cm³/mol. The maximum absolute atomic E-state index is 12.7. The van der Waals surface area contributed by atoms with Gasteiger partial charge in [-0.2, -0.15) is 0 Å². The molecule has 6 nitrogen and oxygen atoms in total. The molecule has 1 aliphatic rings. The van der Waals surface area contributed by atoms with Gasteiger partial charge < -0.3 is 0 Å². The Balaban J connectivity index is 1.53. The first-order chi connectivity index (χ1) is 13.8. The Hall–Kier alpha value is -2.71. The summed E-state index contributed by atoms with van der Waals surface area (Å²) < 4.78 is 25.6. The average molecular weight is 428 g/mol. The highest BCUT2D eigenvalue weighted by molar-refractivity contribution is 7.93. The summed E-state index contributed by atoms with van der Waals surface area (Å²) in [5, 5.41) is 5.24. The molecule has 0 bridgehead atoms. The van der Waals surface area contributed by atoms with Crippen molar-refractivity contribution in [2.45, 2.75) is 20.3 Å². The monoisotopic (exact) mass is 427 g/mol. The molecule has 0 saturated carbocycles. The van der Waals surface area contributed by atoms with Gasteiger partial charge in [0.05, 0.1) is 17.1 Å². The van der Waals surface area contributed by atoms with E-state index in [4.69, 9.17) is 0 Å². The fraction of sp³-hybridized carbons (Fsp3) is 0.238. The second-order valence-corrected chi connectivity index (χ2v) is 9.97.